The Morgan fingerprint density at radius 2 is 1.38 bits per heavy atom. The van der Waals surface area contributed by atoms with Gasteiger partial charge in [-0.2, -0.15) is 13.7 Å². The molecule has 2 nitrogen and oxygen atoms in total. The second-order valence-electron chi connectivity index (χ2n) is 4.08. The molecule has 0 atom stereocenters. The van der Waals surface area contributed by atoms with Crippen LogP contribution in [-0.4, -0.2) is 5.60 Å². The zero-order valence-corrected chi connectivity index (χ0v) is 8.91. The summed E-state index contributed by atoms with van der Waals surface area (Å²) in [7, 11) is 0. The second kappa shape index (κ2) is 4.29. The highest BCUT2D eigenvalue weighted by molar-refractivity contribution is 5.28. The molecular formula is C10H10F4O2. The highest BCUT2D eigenvalue weighted by Crippen LogP contribution is 2.27. The molecular weight excluding hydrogens is 228 g/mol. The maximum atomic E-state index is 13.0. The van der Waals surface area contributed by atoms with Gasteiger partial charge in [-0.05, 0) is 20.8 Å². The molecule has 1 aromatic rings. The molecule has 0 aliphatic heterocycles. The van der Waals surface area contributed by atoms with Crippen molar-refractivity contribution in [1.29, 1.82) is 0 Å². The lowest BCUT2D eigenvalue weighted by molar-refractivity contribution is -0.277. The average molecular weight is 238 g/mol. The molecule has 0 aliphatic rings. The van der Waals surface area contributed by atoms with E-state index in [-0.39, 0.29) is 6.07 Å². The normalized spacial score (nSPS) is 11.7. The van der Waals surface area contributed by atoms with Gasteiger partial charge in [0.1, 0.15) is 5.60 Å². The summed E-state index contributed by atoms with van der Waals surface area (Å²) in [6, 6.07) is 0.0919. The van der Waals surface area contributed by atoms with Gasteiger partial charge in [0.2, 0.25) is 17.4 Å². The molecule has 0 saturated heterocycles. The standard InChI is InChI=1S/C10H10F4O2/c1-10(2,3)16-15-9-7(13)5(11)4-6(12)8(9)14/h4H,1-3H3. The Hall–Kier alpha value is -1.30. The molecule has 6 heteroatoms. The minimum Gasteiger partial charge on any atom is -0.330 e. The van der Waals surface area contributed by atoms with Crippen molar-refractivity contribution in [2.24, 2.45) is 0 Å². The molecule has 0 unspecified atom stereocenters. The maximum Gasteiger partial charge on any atom is 0.242 e. The van der Waals surface area contributed by atoms with E-state index >= 15 is 0 Å². The van der Waals surface area contributed by atoms with Gasteiger partial charge < -0.3 is 4.89 Å². The topological polar surface area (TPSA) is 18.5 Å². The Kier molecular flexibility index (Phi) is 3.42. The number of halogens is 4. The van der Waals surface area contributed by atoms with E-state index in [1.165, 1.54) is 0 Å². The summed E-state index contributed by atoms with van der Waals surface area (Å²) >= 11 is 0. The number of rotatable bonds is 2. The van der Waals surface area contributed by atoms with Gasteiger partial charge in [-0.15, -0.1) is 0 Å². The van der Waals surface area contributed by atoms with Crippen molar-refractivity contribution in [3.05, 3.63) is 29.3 Å². The summed E-state index contributed by atoms with van der Waals surface area (Å²) in [5, 5.41) is 0. The molecule has 0 saturated carbocycles. The third-order valence-electron chi connectivity index (χ3n) is 1.45. The Bertz CT molecular complexity index is 373. The van der Waals surface area contributed by atoms with Gasteiger partial charge in [-0.3, -0.25) is 0 Å². The average Bonchev–Trinajstić information content (AvgIpc) is 2.13. The van der Waals surface area contributed by atoms with E-state index in [1.54, 1.807) is 20.8 Å². The Morgan fingerprint density at radius 1 is 0.938 bits per heavy atom. The van der Waals surface area contributed by atoms with E-state index in [1.807, 2.05) is 0 Å². The molecule has 0 amide bonds. The van der Waals surface area contributed by atoms with E-state index < -0.39 is 34.6 Å². The predicted octanol–water partition coefficient (Wildman–Crippen LogP) is 3.35. The lowest BCUT2D eigenvalue weighted by atomic mass is 10.2. The van der Waals surface area contributed by atoms with Gasteiger partial charge in [0.15, 0.2) is 11.6 Å². The zero-order valence-electron chi connectivity index (χ0n) is 8.91. The van der Waals surface area contributed by atoms with Crippen LogP contribution in [0.2, 0.25) is 0 Å². The molecule has 0 aromatic heterocycles. The summed E-state index contributed by atoms with van der Waals surface area (Å²) in [4.78, 5) is 8.84. The van der Waals surface area contributed by atoms with Crippen molar-refractivity contribution >= 4 is 0 Å². The van der Waals surface area contributed by atoms with Gasteiger partial charge in [-0.1, -0.05) is 0 Å². The van der Waals surface area contributed by atoms with Crippen LogP contribution in [0.15, 0.2) is 6.07 Å². The lowest BCUT2D eigenvalue weighted by Crippen LogP contribution is -2.22. The third-order valence-corrected chi connectivity index (χ3v) is 1.45. The van der Waals surface area contributed by atoms with Gasteiger partial charge in [0, 0.05) is 6.07 Å². The number of hydrogen-bond acceptors (Lipinski definition) is 2. The van der Waals surface area contributed by atoms with Crippen molar-refractivity contribution in [2.45, 2.75) is 26.4 Å². The second-order valence-corrected chi connectivity index (χ2v) is 4.08. The van der Waals surface area contributed by atoms with E-state index in [2.05, 4.69) is 9.78 Å². The van der Waals surface area contributed by atoms with E-state index in [4.69, 9.17) is 0 Å². The fourth-order valence-electron chi connectivity index (χ4n) is 0.791. The van der Waals surface area contributed by atoms with Crippen LogP contribution in [0.5, 0.6) is 5.75 Å². The van der Waals surface area contributed by atoms with Crippen LogP contribution < -0.4 is 4.89 Å². The molecule has 1 aromatic carbocycles. The van der Waals surface area contributed by atoms with Crippen molar-refractivity contribution in [2.75, 3.05) is 0 Å². The smallest absolute Gasteiger partial charge is 0.242 e. The van der Waals surface area contributed by atoms with Crippen LogP contribution in [0.3, 0.4) is 0 Å². The molecule has 1 rings (SSSR count). The van der Waals surface area contributed by atoms with Gasteiger partial charge in [0.05, 0.1) is 0 Å². The van der Waals surface area contributed by atoms with Crippen LogP contribution in [0.25, 0.3) is 0 Å². The van der Waals surface area contributed by atoms with Crippen LogP contribution in [0, 0.1) is 23.3 Å². The highest BCUT2D eigenvalue weighted by atomic mass is 19.2. The molecule has 0 spiro atoms. The number of benzene rings is 1. The fourth-order valence-corrected chi connectivity index (χ4v) is 0.791. The summed E-state index contributed by atoms with van der Waals surface area (Å²) in [6.45, 7) is 4.62. The molecule has 16 heavy (non-hydrogen) atoms. The molecule has 90 valence electrons. The summed E-state index contributed by atoms with van der Waals surface area (Å²) in [5.41, 5.74) is -0.873. The minimum atomic E-state index is -1.64. The first kappa shape index (κ1) is 12.8. The number of hydrogen-bond donors (Lipinski definition) is 0. The van der Waals surface area contributed by atoms with E-state index in [9.17, 15) is 17.6 Å². The molecule has 0 heterocycles. The van der Waals surface area contributed by atoms with Crippen molar-refractivity contribution in [3.63, 3.8) is 0 Å². The van der Waals surface area contributed by atoms with E-state index in [0.29, 0.717) is 0 Å². The quantitative estimate of drug-likeness (QED) is 0.340. The van der Waals surface area contributed by atoms with E-state index in [0.717, 1.165) is 0 Å². The van der Waals surface area contributed by atoms with Crippen LogP contribution in [-0.2, 0) is 4.89 Å². The zero-order chi connectivity index (χ0) is 12.5. The SMILES string of the molecule is CC(C)(C)OOc1c(F)c(F)cc(F)c1F. The molecule has 0 bridgehead atoms. The third kappa shape index (κ3) is 2.85. The van der Waals surface area contributed by atoms with Crippen molar-refractivity contribution < 1.29 is 27.3 Å². The van der Waals surface area contributed by atoms with Gasteiger partial charge in [-0.25, -0.2) is 8.78 Å². The summed E-state index contributed by atoms with van der Waals surface area (Å²) < 4.78 is 51.5. The predicted molar refractivity (Wildman–Crippen MR) is 47.7 cm³/mol. The lowest BCUT2D eigenvalue weighted by Gasteiger charge is -2.18. The van der Waals surface area contributed by atoms with Crippen molar-refractivity contribution in [1.82, 2.24) is 0 Å². The Labute approximate surface area is 89.7 Å². The summed E-state index contributed by atoms with van der Waals surface area (Å²) in [6.07, 6.45) is 0. The van der Waals surface area contributed by atoms with Crippen molar-refractivity contribution in [3.8, 4) is 5.75 Å². The Morgan fingerprint density at radius 3 is 1.75 bits per heavy atom. The Balaban J connectivity index is 3.04. The van der Waals surface area contributed by atoms with Crippen LogP contribution in [0.1, 0.15) is 20.8 Å². The molecule has 0 fully saturated rings. The first-order valence-electron chi connectivity index (χ1n) is 4.41. The van der Waals surface area contributed by atoms with Crippen LogP contribution in [0.4, 0.5) is 17.6 Å². The fraction of sp³-hybridized carbons (Fsp3) is 0.400. The first-order valence-corrected chi connectivity index (χ1v) is 4.41. The van der Waals surface area contributed by atoms with Crippen LogP contribution >= 0.6 is 0 Å². The monoisotopic (exact) mass is 238 g/mol. The largest absolute Gasteiger partial charge is 0.330 e. The highest BCUT2D eigenvalue weighted by Gasteiger charge is 2.23. The minimum absolute atomic E-state index is 0.0919. The molecule has 0 N–H and O–H groups in total. The van der Waals surface area contributed by atoms with Gasteiger partial charge >= 0.3 is 0 Å². The maximum absolute atomic E-state index is 13.0. The molecule has 0 aliphatic carbocycles. The van der Waals surface area contributed by atoms with Gasteiger partial charge in [0.25, 0.3) is 0 Å². The summed E-state index contributed by atoms with van der Waals surface area (Å²) in [5.74, 6) is -7.60. The first-order chi connectivity index (χ1) is 7.22. The molecule has 0 radical (unpaired) electrons.